The van der Waals surface area contributed by atoms with Crippen molar-refractivity contribution in [1.29, 1.82) is 0 Å². The van der Waals surface area contributed by atoms with Gasteiger partial charge in [-0.05, 0) is 21.0 Å². The molecular formula is C8H14N3. The Labute approximate surface area is 67.6 Å². The van der Waals surface area contributed by atoms with E-state index in [1.807, 2.05) is 10.9 Å². The Morgan fingerprint density at radius 3 is 2.82 bits per heavy atom. The normalized spacial score (nSPS) is 13.8. The summed E-state index contributed by atoms with van der Waals surface area (Å²) >= 11 is 0. The van der Waals surface area contributed by atoms with Crippen LogP contribution in [0.2, 0.25) is 0 Å². The second-order valence-corrected chi connectivity index (χ2v) is 2.98. The summed E-state index contributed by atoms with van der Waals surface area (Å²) < 4.78 is 1.89. The summed E-state index contributed by atoms with van der Waals surface area (Å²) in [6.45, 7) is 3.10. The maximum atomic E-state index is 4.07. The van der Waals surface area contributed by atoms with E-state index in [4.69, 9.17) is 0 Å². The minimum Gasteiger partial charge on any atom is -0.305 e. The number of aromatic nitrogens is 2. The first kappa shape index (κ1) is 8.27. The first-order valence-electron chi connectivity index (χ1n) is 3.75. The second-order valence-electron chi connectivity index (χ2n) is 2.98. The highest BCUT2D eigenvalue weighted by Crippen LogP contribution is 1.95. The summed E-state index contributed by atoms with van der Waals surface area (Å²) in [6, 6.07) is 3.42. The third-order valence-corrected chi connectivity index (χ3v) is 1.84. The van der Waals surface area contributed by atoms with E-state index in [9.17, 15) is 0 Å². The van der Waals surface area contributed by atoms with Gasteiger partial charge in [-0.1, -0.05) is 0 Å². The average molecular weight is 152 g/mol. The monoisotopic (exact) mass is 152 g/mol. The predicted molar refractivity (Wildman–Crippen MR) is 44.2 cm³/mol. The highest BCUT2D eigenvalue weighted by Gasteiger charge is 2.04. The molecule has 0 amide bonds. The van der Waals surface area contributed by atoms with Crippen molar-refractivity contribution < 1.29 is 0 Å². The third kappa shape index (κ3) is 2.35. The number of rotatable bonds is 3. The highest BCUT2D eigenvalue weighted by molar-refractivity contribution is 4.76. The zero-order valence-corrected chi connectivity index (χ0v) is 7.28. The van der Waals surface area contributed by atoms with Crippen LogP contribution in [0.1, 0.15) is 6.92 Å². The van der Waals surface area contributed by atoms with Gasteiger partial charge >= 0.3 is 0 Å². The van der Waals surface area contributed by atoms with Gasteiger partial charge < -0.3 is 4.90 Å². The minimum absolute atomic E-state index is 0.517. The van der Waals surface area contributed by atoms with Gasteiger partial charge in [-0.3, -0.25) is 4.68 Å². The SMILES string of the molecule is CC(Cn1c[c]cn1)N(C)C. The molecule has 1 aromatic rings. The van der Waals surface area contributed by atoms with Gasteiger partial charge in [0.05, 0.1) is 12.7 Å². The Hall–Kier alpha value is -0.830. The molecule has 61 valence electrons. The maximum absolute atomic E-state index is 4.07. The molecule has 0 aliphatic rings. The molecule has 0 fully saturated rings. The zero-order chi connectivity index (χ0) is 8.27. The average Bonchev–Trinajstić information content (AvgIpc) is 2.39. The van der Waals surface area contributed by atoms with Crippen molar-refractivity contribution in [3.8, 4) is 0 Å². The summed E-state index contributed by atoms with van der Waals surface area (Å²) in [6.07, 6.45) is 3.54. The van der Waals surface area contributed by atoms with Crippen molar-refractivity contribution in [3.63, 3.8) is 0 Å². The smallest absolute Gasteiger partial charge is 0.0569 e. The van der Waals surface area contributed by atoms with E-state index >= 15 is 0 Å². The summed E-state index contributed by atoms with van der Waals surface area (Å²) in [4.78, 5) is 2.17. The summed E-state index contributed by atoms with van der Waals surface area (Å²) in [5.41, 5.74) is 0. The molecule has 1 atom stereocenters. The maximum Gasteiger partial charge on any atom is 0.0569 e. The molecule has 1 rings (SSSR count). The first-order valence-corrected chi connectivity index (χ1v) is 3.75. The van der Waals surface area contributed by atoms with Crippen LogP contribution in [0.4, 0.5) is 0 Å². The summed E-state index contributed by atoms with van der Waals surface area (Å²) in [7, 11) is 4.13. The van der Waals surface area contributed by atoms with Gasteiger partial charge in [-0.2, -0.15) is 5.10 Å². The van der Waals surface area contributed by atoms with E-state index in [0.29, 0.717) is 6.04 Å². The second kappa shape index (κ2) is 3.53. The molecule has 0 aromatic carbocycles. The predicted octanol–water partition coefficient (Wildman–Crippen LogP) is 0.633. The fourth-order valence-corrected chi connectivity index (χ4v) is 0.794. The fraction of sp³-hybridized carbons (Fsp3) is 0.625. The van der Waals surface area contributed by atoms with Gasteiger partial charge in [0.2, 0.25) is 0 Å². The van der Waals surface area contributed by atoms with Gasteiger partial charge in [0.1, 0.15) is 0 Å². The molecule has 0 aliphatic heterocycles. The Morgan fingerprint density at radius 1 is 1.64 bits per heavy atom. The van der Waals surface area contributed by atoms with Crippen molar-refractivity contribution >= 4 is 0 Å². The fourth-order valence-electron chi connectivity index (χ4n) is 0.794. The van der Waals surface area contributed by atoms with Crippen molar-refractivity contribution in [3.05, 3.63) is 18.5 Å². The van der Waals surface area contributed by atoms with Crippen molar-refractivity contribution in [1.82, 2.24) is 14.7 Å². The third-order valence-electron chi connectivity index (χ3n) is 1.84. The summed E-state index contributed by atoms with van der Waals surface area (Å²) in [5, 5.41) is 4.07. The molecule has 0 bridgehead atoms. The molecule has 0 saturated heterocycles. The van der Waals surface area contributed by atoms with Crippen LogP contribution in [0.3, 0.4) is 0 Å². The quantitative estimate of drug-likeness (QED) is 0.633. The molecular weight excluding hydrogens is 138 g/mol. The number of hydrogen-bond donors (Lipinski definition) is 0. The lowest BCUT2D eigenvalue weighted by molar-refractivity contribution is 0.276. The molecule has 1 aromatic heterocycles. The van der Waals surface area contributed by atoms with Crippen LogP contribution >= 0.6 is 0 Å². The van der Waals surface area contributed by atoms with Gasteiger partial charge in [0, 0.05) is 18.3 Å². The van der Waals surface area contributed by atoms with Crippen LogP contribution in [-0.4, -0.2) is 34.8 Å². The van der Waals surface area contributed by atoms with Gasteiger partial charge in [0.25, 0.3) is 0 Å². The standard InChI is InChI=1S/C8H14N3/c1-8(10(2)3)7-11-6-4-5-9-11/h5-6,8H,7H2,1-3H3. The van der Waals surface area contributed by atoms with E-state index in [1.54, 1.807) is 6.20 Å². The van der Waals surface area contributed by atoms with E-state index < -0.39 is 0 Å². The van der Waals surface area contributed by atoms with Crippen molar-refractivity contribution in [2.75, 3.05) is 14.1 Å². The highest BCUT2D eigenvalue weighted by atomic mass is 15.3. The van der Waals surface area contributed by atoms with Crippen LogP contribution in [-0.2, 0) is 6.54 Å². The molecule has 0 aliphatic carbocycles. The van der Waals surface area contributed by atoms with E-state index in [1.165, 1.54) is 0 Å². The van der Waals surface area contributed by atoms with Gasteiger partial charge in [0.15, 0.2) is 0 Å². The molecule has 3 nitrogen and oxygen atoms in total. The zero-order valence-electron chi connectivity index (χ0n) is 7.28. The topological polar surface area (TPSA) is 21.1 Å². The van der Waals surface area contributed by atoms with Crippen LogP contribution < -0.4 is 0 Å². The molecule has 1 radical (unpaired) electrons. The van der Waals surface area contributed by atoms with Gasteiger partial charge in [-0.15, -0.1) is 0 Å². The van der Waals surface area contributed by atoms with Crippen LogP contribution in [0.5, 0.6) is 0 Å². The van der Waals surface area contributed by atoms with Gasteiger partial charge in [-0.25, -0.2) is 0 Å². The minimum atomic E-state index is 0.517. The summed E-state index contributed by atoms with van der Waals surface area (Å²) in [5.74, 6) is 0. The molecule has 3 heteroatoms. The molecule has 0 saturated carbocycles. The molecule has 1 unspecified atom stereocenters. The van der Waals surface area contributed by atoms with Crippen molar-refractivity contribution in [2.45, 2.75) is 19.5 Å². The Bertz CT molecular complexity index is 191. The largest absolute Gasteiger partial charge is 0.305 e. The Balaban J connectivity index is 2.43. The lowest BCUT2D eigenvalue weighted by atomic mass is 10.3. The number of hydrogen-bond acceptors (Lipinski definition) is 2. The Kier molecular flexibility index (Phi) is 2.65. The van der Waals surface area contributed by atoms with E-state index in [0.717, 1.165) is 6.54 Å². The van der Waals surface area contributed by atoms with E-state index in [-0.39, 0.29) is 0 Å². The van der Waals surface area contributed by atoms with E-state index in [2.05, 4.69) is 37.1 Å². The van der Waals surface area contributed by atoms with Crippen LogP contribution in [0.15, 0.2) is 12.4 Å². The lowest BCUT2D eigenvalue weighted by Gasteiger charge is -2.19. The number of nitrogens with zero attached hydrogens (tertiary/aromatic N) is 3. The van der Waals surface area contributed by atoms with Crippen LogP contribution in [0.25, 0.3) is 0 Å². The van der Waals surface area contributed by atoms with Crippen molar-refractivity contribution in [2.24, 2.45) is 0 Å². The number of likely N-dealkylation sites (N-methyl/N-ethyl adjacent to an activating group) is 1. The Morgan fingerprint density at radius 2 is 2.36 bits per heavy atom. The molecule has 1 heterocycles. The molecule has 11 heavy (non-hydrogen) atoms. The molecule has 0 N–H and O–H groups in total. The van der Waals surface area contributed by atoms with Crippen LogP contribution in [0, 0.1) is 6.07 Å². The molecule has 0 spiro atoms. The lowest BCUT2D eigenvalue weighted by Crippen LogP contribution is -2.29. The first-order chi connectivity index (χ1) is 5.20.